The van der Waals surface area contributed by atoms with E-state index in [4.69, 9.17) is 23.7 Å². The Morgan fingerprint density at radius 1 is 0.652 bits per heavy atom. The maximum Gasteiger partial charge on any atom is 0.246 e. The molecule has 0 unspecified atom stereocenters. The highest BCUT2D eigenvalue weighted by molar-refractivity contribution is 5.77. The van der Waals surface area contributed by atoms with Crippen molar-refractivity contribution < 1.29 is 28.5 Å². The molecule has 0 aromatic carbocycles. The quantitative estimate of drug-likeness (QED) is 0.377. The summed E-state index contributed by atoms with van der Waals surface area (Å²) in [4.78, 5) is 11.4. The molecule has 0 saturated heterocycles. The molecule has 0 aliphatic heterocycles. The molecule has 1 N–H and O–H groups in total. The fraction of sp³-hybridized carbons (Fsp3) is 0.938. The zero-order valence-corrected chi connectivity index (χ0v) is 14.6. The van der Waals surface area contributed by atoms with Crippen molar-refractivity contribution in [2.75, 3.05) is 72.6 Å². The number of ether oxygens (including phenoxy) is 5. The van der Waals surface area contributed by atoms with Gasteiger partial charge < -0.3 is 29.0 Å². The first-order valence-electron chi connectivity index (χ1n) is 8.46. The molecular weight excluding hydrogens is 302 g/mol. The van der Waals surface area contributed by atoms with Gasteiger partial charge in [0.15, 0.2) is 0 Å². The summed E-state index contributed by atoms with van der Waals surface area (Å²) >= 11 is 0. The second kappa shape index (κ2) is 19.3. The maximum atomic E-state index is 11.4. The summed E-state index contributed by atoms with van der Waals surface area (Å²) in [5.74, 6) is -0.151. The van der Waals surface area contributed by atoms with Gasteiger partial charge in [0.25, 0.3) is 0 Å². The van der Waals surface area contributed by atoms with E-state index in [-0.39, 0.29) is 12.5 Å². The molecule has 0 aromatic rings. The summed E-state index contributed by atoms with van der Waals surface area (Å²) in [7, 11) is 0. The Hall–Kier alpha value is -0.730. The first kappa shape index (κ1) is 22.3. The molecule has 0 fully saturated rings. The summed E-state index contributed by atoms with van der Waals surface area (Å²) in [5, 5.41) is 2.72. The monoisotopic (exact) mass is 335 g/mol. The van der Waals surface area contributed by atoms with Crippen LogP contribution in [0.4, 0.5) is 0 Å². The fourth-order valence-corrected chi connectivity index (χ4v) is 1.53. The molecule has 0 atom stereocenters. The van der Waals surface area contributed by atoms with Crippen LogP contribution in [0.5, 0.6) is 0 Å². The summed E-state index contributed by atoms with van der Waals surface area (Å²) in [6, 6.07) is 0. The van der Waals surface area contributed by atoms with Gasteiger partial charge >= 0.3 is 0 Å². The Morgan fingerprint density at radius 3 is 1.61 bits per heavy atom. The Balaban J connectivity index is 3.13. The number of nitrogens with one attached hydrogen (secondary N) is 1. The molecule has 0 radical (unpaired) electrons. The number of rotatable bonds is 18. The lowest BCUT2D eigenvalue weighted by atomic mass is 10.5. The molecule has 0 spiro atoms. The average molecular weight is 335 g/mol. The minimum Gasteiger partial charge on any atom is -0.379 e. The van der Waals surface area contributed by atoms with E-state index in [2.05, 4.69) is 19.2 Å². The van der Waals surface area contributed by atoms with Crippen molar-refractivity contribution >= 4 is 5.91 Å². The van der Waals surface area contributed by atoms with Crippen molar-refractivity contribution in [3.8, 4) is 0 Å². The third-order valence-electron chi connectivity index (χ3n) is 2.61. The van der Waals surface area contributed by atoms with E-state index in [9.17, 15) is 4.79 Å². The standard InChI is InChI=1S/C16H33NO6/c1-3-6-19-9-11-21-8-5-17-16(18)15-23-14-13-22-12-10-20-7-4-2/h3-15H2,1-2H3,(H,17,18). The average Bonchev–Trinajstić information content (AvgIpc) is 2.56. The summed E-state index contributed by atoms with van der Waals surface area (Å²) < 4.78 is 26.4. The van der Waals surface area contributed by atoms with Crippen LogP contribution in [-0.2, 0) is 28.5 Å². The highest BCUT2D eigenvalue weighted by Crippen LogP contribution is 1.84. The highest BCUT2D eigenvalue weighted by Gasteiger charge is 2.00. The molecular formula is C16H33NO6. The molecule has 0 aromatic heterocycles. The van der Waals surface area contributed by atoms with E-state index in [1.807, 2.05) is 0 Å². The Morgan fingerprint density at radius 2 is 1.09 bits per heavy atom. The summed E-state index contributed by atoms with van der Waals surface area (Å²) in [5.41, 5.74) is 0. The first-order valence-corrected chi connectivity index (χ1v) is 8.46. The van der Waals surface area contributed by atoms with Gasteiger partial charge in [0.2, 0.25) is 5.91 Å². The van der Waals surface area contributed by atoms with Crippen molar-refractivity contribution in [3.63, 3.8) is 0 Å². The Kier molecular flexibility index (Phi) is 18.7. The lowest BCUT2D eigenvalue weighted by Gasteiger charge is -2.08. The van der Waals surface area contributed by atoms with Crippen LogP contribution in [0.1, 0.15) is 26.7 Å². The smallest absolute Gasteiger partial charge is 0.246 e. The van der Waals surface area contributed by atoms with Crippen LogP contribution in [0.15, 0.2) is 0 Å². The van der Waals surface area contributed by atoms with Crippen LogP contribution in [0.2, 0.25) is 0 Å². The van der Waals surface area contributed by atoms with Crippen LogP contribution in [0.25, 0.3) is 0 Å². The van der Waals surface area contributed by atoms with Crippen LogP contribution in [0.3, 0.4) is 0 Å². The molecule has 0 heterocycles. The number of carbonyl (C=O) groups excluding carboxylic acids is 1. The van der Waals surface area contributed by atoms with Crippen molar-refractivity contribution in [1.29, 1.82) is 0 Å². The lowest BCUT2D eigenvalue weighted by Crippen LogP contribution is -2.31. The van der Waals surface area contributed by atoms with Gasteiger partial charge in [0.1, 0.15) is 6.61 Å². The van der Waals surface area contributed by atoms with E-state index in [1.54, 1.807) is 0 Å². The fourth-order valence-electron chi connectivity index (χ4n) is 1.53. The van der Waals surface area contributed by atoms with Gasteiger partial charge in [-0.15, -0.1) is 0 Å². The second-order valence-corrected chi connectivity index (χ2v) is 4.85. The number of carbonyl (C=O) groups is 1. The van der Waals surface area contributed by atoms with E-state index in [1.165, 1.54) is 0 Å². The van der Waals surface area contributed by atoms with Crippen LogP contribution < -0.4 is 5.32 Å². The lowest BCUT2D eigenvalue weighted by molar-refractivity contribution is -0.126. The van der Waals surface area contributed by atoms with Crippen molar-refractivity contribution in [2.45, 2.75) is 26.7 Å². The minimum atomic E-state index is -0.151. The summed E-state index contributed by atoms with van der Waals surface area (Å²) in [6.45, 7) is 9.77. The maximum absolute atomic E-state index is 11.4. The minimum absolute atomic E-state index is 0.0370. The third kappa shape index (κ3) is 19.2. The molecule has 0 saturated carbocycles. The van der Waals surface area contributed by atoms with Gasteiger partial charge in [-0.2, -0.15) is 0 Å². The van der Waals surface area contributed by atoms with Crippen molar-refractivity contribution in [3.05, 3.63) is 0 Å². The van der Waals surface area contributed by atoms with Crippen LogP contribution in [-0.4, -0.2) is 78.5 Å². The van der Waals surface area contributed by atoms with E-state index >= 15 is 0 Å². The van der Waals surface area contributed by atoms with E-state index in [0.29, 0.717) is 52.8 Å². The largest absolute Gasteiger partial charge is 0.379 e. The van der Waals surface area contributed by atoms with Crippen molar-refractivity contribution in [2.24, 2.45) is 0 Å². The molecule has 138 valence electrons. The molecule has 0 aliphatic rings. The SMILES string of the molecule is CCCOCCOCCNC(=O)COCCOCCOCCC. The zero-order valence-electron chi connectivity index (χ0n) is 14.6. The molecule has 23 heavy (non-hydrogen) atoms. The zero-order chi connectivity index (χ0) is 17.0. The van der Waals surface area contributed by atoms with Crippen molar-refractivity contribution in [1.82, 2.24) is 5.32 Å². The predicted molar refractivity (Wildman–Crippen MR) is 87.7 cm³/mol. The van der Waals surface area contributed by atoms with Gasteiger partial charge in [-0.1, -0.05) is 13.8 Å². The first-order chi connectivity index (χ1) is 11.3. The van der Waals surface area contributed by atoms with E-state index in [0.717, 1.165) is 26.1 Å². The van der Waals surface area contributed by atoms with Gasteiger partial charge in [-0.25, -0.2) is 0 Å². The molecule has 0 aliphatic carbocycles. The molecule has 7 nitrogen and oxygen atoms in total. The van der Waals surface area contributed by atoms with Gasteiger partial charge in [0, 0.05) is 19.8 Å². The Bertz CT molecular complexity index is 253. The third-order valence-corrected chi connectivity index (χ3v) is 2.61. The molecule has 1 amide bonds. The Labute approximate surface area is 139 Å². The van der Waals surface area contributed by atoms with Crippen LogP contribution >= 0.6 is 0 Å². The second-order valence-electron chi connectivity index (χ2n) is 4.85. The summed E-state index contributed by atoms with van der Waals surface area (Å²) in [6.07, 6.45) is 2.02. The number of hydrogen-bond acceptors (Lipinski definition) is 6. The highest BCUT2D eigenvalue weighted by atomic mass is 16.5. The topological polar surface area (TPSA) is 75.3 Å². The normalized spacial score (nSPS) is 10.9. The molecule has 0 rings (SSSR count). The predicted octanol–water partition coefficient (Wildman–Crippen LogP) is 1.01. The number of amides is 1. The molecule has 0 bridgehead atoms. The van der Waals surface area contributed by atoms with E-state index < -0.39 is 0 Å². The van der Waals surface area contributed by atoms with Gasteiger partial charge in [0.05, 0.1) is 46.2 Å². The van der Waals surface area contributed by atoms with Gasteiger partial charge in [-0.05, 0) is 12.8 Å². The number of hydrogen-bond donors (Lipinski definition) is 1. The van der Waals surface area contributed by atoms with Crippen LogP contribution in [0, 0.1) is 0 Å². The van der Waals surface area contributed by atoms with Gasteiger partial charge in [-0.3, -0.25) is 4.79 Å². The molecule has 7 heteroatoms.